The Kier molecular flexibility index (Phi) is 3.58. The molecule has 2 atom stereocenters. The van der Waals surface area contributed by atoms with Gasteiger partial charge in [-0.3, -0.25) is 4.98 Å². The molecule has 0 radical (unpaired) electrons. The first-order valence-corrected chi connectivity index (χ1v) is 8.08. The van der Waals surface area contributed by atoms with E-state index in [1.165, 1.54) is 12.8 Å². The topological polar surface area (TPSA) is 45.2 Å². The van der Waals surface area contributed by atoms with Gasteiger partial charge in [-0.2, -0.15) is 0 Å². The molecule has 0 saturated carbocycles. The molecule has 5 nitrogen and oxygen atoms in total. The highest BCUT2D eigenvalue weighted by atomic mass is 35.5. The van der Waals surface area contributed by atoms with E-state index in [9.17, 15) is 0 Å². The number of nitrogens with zero attached hydrogens (tertiary/aromatic N) is 5. The average Bonchev–Trinajstić information content (AvgIpc) is 2.99. The maximum atomic E-state index is 5.95. The Labute approximate surface area is 135 Å². The van der Waals surface area contributed by atoms with Crippen LogP contribution in [0.2, 0.25) is 5.02 Å². The second kappa shape index (κ2) is 5.72. The minimum Gasteiger partial charge on any atom is -0.353 e. The molecule has 0 bridgehead atoms. The standard InChI is InChI=1S/C16H18ClN5/c17-13-1-2-15(20-9-13)22-8-4-12-3-7-21(11-14(12)22)16-10-18-5-6-19-16/h1-2,5-6,9-10,12,14H,3-4,7-8,11H2. The third-order valence-electron chi connectivity index (χ3n) is 4.74. The molecule has 22 heavy (non-hydrogen) atoms. The minimum absolute atomic E-state index is 0.490. The van der Waals surface area contributed by atoms with E-state index in [0.29, 0.717) is 11.1 Å². The van der Waals surface area contributed by atoms with Crippen LogP contribution in [0.5, 0.6) is 0 Å². The number of rotatable bonds is 2. The zero-order valence-corrected chi connectivity index (χ0v) is 13.0. The Morgan fingerprint density at radius 2 is 1.91 bits per heavy atom. The van der Waals surface area contributed by atoms with Crippen LogP contribution in [0.4, 0.5) is 11.6 Å². The highest BCUT2D eigenvalue weighted by Crippen LogP contribution is 2.35. The van der Waals surface area contributed by atoms with Crippen molar-refractivity contribution in [1.29, 1.82) is 0 Å². The van der Waals surface area contributed by atoms with Crippen LogP contribution in [-0.4, -0.2) is 40.6 Å². The Bertz CT molecular complexity index is 633. The van der Waals surface area contributed by atoms with E-state index in [4.69, 9.17) is 11.6 Å². The fourth-order valence-corrected chi connectivity index (χ4v) is 3.74. The summed E-state index contributed by atoms with van der Waals surface area (Å²) in [6, 6.07) is 4.43. The summed E-state index contributed by atoms with van der Waals surface area (Å²) in [6.45, 7) is 3.10. The van der Waals surface area contributed by atoms with Gasteiger partial charge in [0.15, 0.2) is 0 Å². The number of anilines is 2. The van der Waals surface area contributed by atoms with Gasteiger partial charge in [-0.15, -0.1) is 0 Å². The van der Waals surface area contributed by atoms with E-state index < -0.39 is 0 Å². The Hall–Kier alpha value is -1.88. The second-order valence-corrected chi connectivity index (χ2v) is 6.38. The lowest BCUT2D eigenvalue weighted by atomic mass is 9.92. The fraction of sp³-hybridized carbons (Fsp3) is 0.438. The first kappa shape index (κ1) is 13.8. The summed E-state index contributed by atoms with van der Waals surface area (Å²) < 4.78 is 0. The summed E-state index contributed by atoms with van der Waals surface area (Å²) in [7, 11) is 0. The van der Waals surface area contributed by atoms with Crippen LogP contribution in [0, 0.1) is 5.92 Å². The molecule has 0 N–H and O–H groups in total. The number of hydrogen-bond donors (Lipinski definition) is 0. The predicted molar refractivity (Wildman–Crippen MR) is 87.4 cm³/mol. The first-order chi connectivity index (χ1) is 10.8. The van der Waals surface area contributed by atoms with Crippen LogP contribution >= 0.6 is 11.6 Å². The number of fused-ring (bicyclic) bond motifs is 1. The van der Waals surface area contributed by atoms with Crippen molar-refractivity contribution < 1.29 is 0 Å². The summed E-state index contributed by atoms with van der Waals surface area (Å²) in [4.78, 5) is 17.9. The summed E-state index contributed by atoms with van der Waals surface area (Å²) in [5.41, 5.74) is 0. The number of halogens is 1. The zero-order valence-electron chi connectivity index (χ0n) is 12.3. The Morgan fingerprint density at radius 3 is 2.68 bits per heavy atom. The number of piperidine rings is 1. The van der Waals surface area contributed by atoms with Crippen LogP contribution in [0.1, 0.15) is 12.8 Å². The van der Waals surface area contributed by atoms with E-state index >= 15 is 0 Å². The van der Waals surface area contributed by atoms with Gasteiger partial charge in [0.2, 0.25) is 0 Å². The van der Waals surface area contributed by atoms with Crippen molar-refractivity contribution in [2.45, 2.75) is 18.9 Å². The normalized spacial score (nSPS) is 24.4. The van der Waals surface area contributed by atoms with Crippen LogP contribution in [0.3, 0.4) is 0 Å². The van der Waals surface area contributed by atoms with Crippen LogP contribution < -0.4 is 9.80 Å². The lowest BCUT2D eigenvalue weighted by Gasteiger charge is -2.39. The van der Waals surface area contributed by atoms with E-state index in [-0.39, 0.29) is 0 Å². The molecule has 2 aliphatic rings. The van der Waals surface area contributed by atoms with Crippen molar-refractivity contribution in [2.24, 2.45) is 5.92 Å². The molecule has 114 valence electrons. The molecule has 2 unspecified atom stereocenters. The molecule has 2 aromatic rings. The number of hydrogen-bond acceptors (Lipinski definition) is 5. The van der Waals surface area contributed by atoms with Gasteiger partial charge in [-0.25, -0.2) is 9.97 Å². The van der Waals surface area contributed by atoms with Crippen LogP contribution in [0.25, 0.3) is 0 Å². The molecular weight excluding hydrogens is 298 g/mol. The molecule has 0 amide bonds. The first-order valence-electron chi connectivity index (χ1n) is 7.70. The summed E-state index contributed by atoms with van der Waals surface area (Å²) in [5, 5.41) is 0.685. The zero-order chi connectivity index (χ0) is 14.9. The second-order valence-electron chi connectivity index (χ2n) is 5.94. The molecule has 4 rings (SSSR count). The van der Waals surface area contributed by atoms with Gasteiger partial charge >= 0.3 is 0 Å². The molecule has 2 aliphatic heterocycles. The van der Waals surface area contributed by atoms with Crippen LogP contribution in [-0.2, 0) is 0 Å². The predicted octanol–water partition coefficient (Wildman–Crippen LogP) is 2.63. The van der Waals surface area contributed by atoms with Crippen molar-refractivity contribution in [3.05, 3.63) is 41.9 Å². The maximum Gasteiger partial charge on any atom is 0.147 e. The molecule has 4 heterocycles. The SMILES string of the molecule is Clc1ccc(N2CCC3CCN(c4cnccn4)CC32)nc1. The maximum absolute atomic E-state index is 5.95. The lowest BCUT2D eigenvalue weighted by Crippen LogP contribution is -2.48. The molecule has 0 spiro atoms. The van der Waals surface area contributed by atoms with Crippen molar-refractivity contribution >= 4 is 23.2 Å². The van der Waals surface area contributed by atoms with E-state index in [0.717, 1.165) is 37.2 Å². The van der Waals surface area contributed by atoms with Gasteiger partial charge in [0, 0.05) is 38.2 Å². The van der Waals surface area contributed by atoms with Crippen molar-refractivity contribution in [3.63, 3.8) is 0 Å². The smallest absolute Gasteiger partial charge is 0.147 e. The van der Waals surface area contributed by atoms with Crippen molar-refractivity contribution in [3.8, 4) is 0 Å². The Balaban J connectivity index is 1.56. The lowest BCUT2D eigenvalue weighted by molar-refractivity contribution is 0.388. The molecular formula is C16H18ClN5. The van der Waals surface area contributed by atoms with Crippen molar-refractivity contribution in [2.75, 3.05) is 29.4 Å². The van der Waals surface area contributed by atoms with Gasteiger partial charge in [-0.1, -0.05) is 11.6 Å². The van der Waals surface area contributed by atoms with Gasteiger partial charge in [0.05, 0.1) is 17.3 Å². The van der Waals surface area contributed by atoms with E-state index in [1.807, 2.05) is 18.3 Å². The Morgan fingerprint density at radius 1 is 1.00 bits per heavy atom. The van der Waals surface area contributed by atoms with Crippen LogP contribution in [0.15, 0.2) is 36.9 Å². The molecule has 6 heteroatoms. The largest absolute Gasteiger partial charge is 0.353 e. The fourth-order valence-electron chi connectivity index (χ4n) is 3.63. The monoisotopic (exact) mass is 315 g/mol. The molecule has 2 saturated heterocycles. The number of pyridine rings is 1. The summed E-state index contributed by atoms with van der Waals surface area (Å²) in [6.07, 6.45) is 9.49. The number of aromatic nitrogens is 3. The van der Waals surface area contributed by atoms with E-state index in [1.54, 1.807) is 18.6 Å². The summed E-state index contributed by atoms with van der Waals surface area (Å²) >= 11 is 5.95. The molecule has 0 aliphatic carbocycles. The summed E-state index contributed by atoms with van der Waals surface area (Å²) in [5.74, 6) is 2.74. The minimum atomic E-state index is 0.490. The highest BCUT2D eigenvalue weighted by Gasteiger charge is 2.39. The molecule has 2 aromatic heterocycles. The van der Waals surface area contributed by atoms with Gasteiger partial charge in [-0.05, 0) is 30.9 Å². The third kappa shape index (κ3) is 2.50. The highest BCUT2D eigenvalue weighted by molar-refractivity contribution is 6.30. The van der Waals surface area contributed by atoms with Crippen molar-refractivity contribution in [1.82, 2.24) is 15.0 Å². The average molecular weight is 316 g/mol. The van der Waals surface area contributed by atoms with E-state index in [2.05, 4.69) is 24.8 Å². The molecule has 0 aromatic carbocycles. The quantitative estimate of drug-likeness (QED) is 0.852. The van der Waals surface area contributed by atoms with Gasteiger partial charge < -0.3 is 9.80 Å². The van der Waals surface area contributed by atoms with Gasteiger partial charge in [0.25, 0.3) is 0 Å². The van der Waals surface area contributed by atoms with Gasteiger partial charge in [0.1, 0.15) is 11.6 Å². The third-order valence-corrected chi connectivity index (χ3v) is 4.97. The molecule has 2 fully saturated rings.